The molecule has 0 spiro atoms. The van der Waals surface area contributed by atoms with Crippen molar-refractivity contribution in [2.45, 2.75) is 12.8 Å². The quantitative estimate of drug-likeness (QED) is 0.833. The second-order valence-corrected chi connectivity index (χ2v) is 4.78. The van der Waals surface area contributed by atoms with Crippen molar-refractivity contribution >= 4 is 45.0 Å². The van der Waals surface area contributed by atoms with Crippen molar-refractivity contribution < 1.29 is 0 Å². The molecule has 0 fully saturated rings. The Balaban J connectivity index is 2.07. The number of halogens is 2. The van der Waals surface area contributed by atoms with Crippen molar-refractivity contribution in [3.8, 4) is 0 Å². The van der Waals surface area contributed by atoms with Crippen LogP contribution in [-0.2, 0) is 0 Å². The first-order valence-corrected chi connectivity index (χ1v) is 6.05. The Morgan fingerprint density at radius 3 is 2.82 bits per heavy atom. The molecule has 3 rings (SSSR count). The van der Waals surface area contributed by atoms with E-state index in [0.717, 1.165) is 35.3 Å². The average Bonchev–Trinajstić information content (AvgIpc) is 2.72. The number of nitrogens with one attached hydrogen (secondary N) is 1. The van der Waals surface area contributed by atoms with Crippen LogP contribution < -0.4 is 0 Å². The number of hydrogen-bond donors (Lipinski definition) is 1. The highest BCUT2D eigenvalue weighted by Crippen LogP contribution is 2.25. The number of H-pyrrole nitrogens is 1. The molecule has 0 unspecified atom stereocenters. The minimum absolute atomic E-state index is 0.646. The Morgan fingerprint density at radius 1 is 1.18 bits per heavy atom. The van der Waals surface area contributed by atoms with Crippen LogP contribution in [0.5, 0.6) is 0 Å². The van der Waals surface area contributed by atoms with Crippen molar-refractivity contribution in [3.05, 3.63) is 35.2 Å². The summed E-state index contributed by atoms with van der Waals surface area (Å²) >= 11 is 11.8. The minimum atomic E-state index is 0.646. The molecule has 0 aliphatic carbocycles. The number of imidazole rings is 1. The maximum atomic E-state index is 5.93. The van der Waals surface area contributed by atoms with Crippen molar-refractivity contribution in [1.29, 1.82) is 0 Å². The molecule has 0 saturated carbocycles. The second kappa shape index (κ2) is 4.17. The maximum Gasteiger partial charge on any atom is 0.135 e. The number of aromatic nitrogens is 2. The molecule has 17 heavy (non-hydrogen) atoms. The van der Waals surface area contributed by atoms with E-state index in [1.807, 2.05) is 18.2 Å². The summed E-state index contributed by atoms with van der Waals surface area (Å²) in [4.78, 5) is 11.9. The summed E-state index contributed by atoms with van der Waals surface area (Å²) in [5.74, 6) is 0.843. The number of aromatic amines is 1. The van der Waals surface area contributed by atoms with Crippen LogP contribution in [-0.4, -0.2) is 15.1 Å². The van der Waals surface area contributed by atoms with Crippen molar-refractivity contribution in [2.75, 3.05) is 0 Å². The molecule has 0 radical (unpaired) electrons. The molecule has 5 heteroatoms. The summed E-state index contributed by atoms with van der Waals surface area (Å²) in [6, 6.07) is 5.61. The minimum Gasteiger partial charge on any atom is -0.338 e. The van der Waals surface area contributed by atoms with E-state index in [0.29, 0.717) is 10.2 Å². The standard InChI is InChI=1S/C12H9Cl2N3/c13-8-2-3-9-10(5-8)17-12(16-9)7-1-4-11(14)15-6-7/h2-3,5-6H,1,4H2,(H,16,17). The zero-order valence-electron chi connectivity index (χ0n) is 8.87. The zero-order chi connectivity index (χ0) is 11.8. The molecule has 2 aromatic rings. The average molecular weight is 266 g/mol. The Morgan fingerprint density at radius 2 is 2.06 bits per heavy atom. The molecule has 86 valence electrons. The van der Waals surface area contributed by atoms with Crippen LogP contribution in [0.1, 0.15) is 18.7 Å². The molecular formula is C12H9Cl2N3. The first-order valence-electron chi connectivity index (χ1n) is 5.29. The lowest BCUT2D eigenvalue weighted by molar-refractivity contribution is 1.06. The van der Waals surface area contributed by atoms with Crippen molar-refractivity contribution in [3.63, 3.8) is 0 Å². The normalized spacial score (nSPS) is 15.9. The van der Waals surface area contributed by atoms with Gasteiger partial charge in [-0.1, -0.05) is 23.2 Å². The predicted molar refractivity (Wildman–Crippen MR) is 71.6 cm³/mol. The first kappa shape index (κ1) is 10.8. The van der Waals surface area contributed by atoms with E-state index in [1.54, 1.807) is 6.20 Å². The van der Waals surface area contributed by atoms with Gasteiger partial charge in [0.25, 0.3) is 0 Å². The van der Waals surface area contributed by atoms with Crippen LogP contribution >= 0.6 is 23.2 Å². The monoisotopic (exact) mass is 265 g/mol. The molecule has 1 aromatic carbocycles. The molecule has 1 aliphatic rings. The maximum absolute atomic E-state index is 5.93. The number of allylic oxidation sites excluding steroid dienone is 1. The van der Waals surface area contributed by atoms with E-state index >= 15 is 0 Å². The predicted octanol–water partition coefficient (Wildman–Crippen LogP) is 3.99. The van der Waals surface area contributed by atoms with Gasteiger partial charge < -0.3 is 4.98 Å². The number of benzene rings is 1. The van der Waals surface area contributed by atoms with E-state index in [1.165, 1.54) is 0 Å². The van der Waals surface area contributed by atoms with Crippen LogP contribution in [0.3, 0.4) is 0 Å². The van der Waals surface area contributed by atoms with E-state index in [9.17, 15) is 0 Å². The van der Waals surface area contributed by atoms with Gasteiger partial charge in [-0.15, -0.1) is 0 Å². The molecule has 0 saturated heterocycles. The summed E-state index contributed by atoms with van der Waals surface area (Å²) in [7, 11) is 0. The SMILES string of the molecule is ClC1=NC=C(c2nc3cc(Cl)ccc3[nH]2)CC1. The lowest BCUT2D eigenvalue weighted by Crippen LogP contribution is -1.97. The first-order chi connectivity index (χ1) is 8.22. The van der Waals surface area contributed by atoms with Crippen LogP contribution in [0, 0.1) is 0 Å². The second-order valence-electron chi connectivity index (χ2n) is 3.91. The molecule has 1 aliphatic heterocycles. The third-order valence-corrected chi connectivity index (χ3v) is 3.23. The largest absolute Gasteiger partial charge is 0.338 e. The Labute approximate surface area is 108 Å². The summed E-state index contributed by atoms with van der Waals surface area (Å²) < 4.78 is 0. The molecule has 1 aromatic heterocycles. The van der Waals surface area contributed by atoms with Crippen LogP contribution in [0.15, 0.2) is 29.4 Å². The van der Waals surface area contributed by atoms with Gasteiger partial charge in [-0.2, -0.15) is 0 Å². The van der Waals surface area contributed by atoms with Gasteiger partial charge >= 0.3 is 0 Å². The molecule has 2 heterocycles. The number of hydrogen-bond acceptors (Lipinski definition) is 2. The third kappa shape index (κ3) is 2.08. The van der Waals surface area contributed by atoms with Gasteiger partial charge in [-0.25, -0.2) is 9.98 Å². The molecule has 0 bridgehead atoms. The van der Waals surface area contributed by atoms with Crippen LogP contribution in [0.25, 0.3) is 16.6 Å². The van der Waals surface area contributed by atoms with Crippen molar-refractivity contribution in [1.82, 2.24) is 9.97 Å². The van der Waals surface area contributed by atoms with Crippen LogP contribution in [0.2, 0.25) is 5.02 Å². The van der Waals surface area contributed by atoms with Gasteiger partial charge in [0.05, 0.1) is 11.0 Å². The van der Waals surface area contributed by atoms with E-state index < -0.39 is 0 Å². The van der Waals surface area contributed by atoms with Gasteiger partial charge in [-0.05, 0) is 24.6 Å². The summed E-state index contributed by atoms with van der Waals surface area (Å²) in [6.45, 7) is 0. The van der Waals surface area contributed by atoms with E-state index in [4.69, 9.17) is 23.2 Å². The molecule has 0 atom stereocenters. The van der Waals surface area contributed by atoms with Crippen LogP contribution in [0.4, 0.5) is 0 Å². The fraction of sp³-hybridized carbons (Fsp3) is 0.167. The summed E-state index contributed by atoms with van der Waals surface area (Å²) in [5.41, 5.74) is 2.92. The molecule has 0 amide bonds. The highest BCUT2D eigenvalue weighted by atomic mass is 35.5. The lowest BCUT2D eigenvalue weighted by atomic mass is 10.1. The van der Waals surface area contributed by atoms with Gasteiger partial charge in [0.2, 0.25) is 0 Å². The smallest absolute Gasteiger partial charge is 0.135 e. The Hall–Kier alpha value is -1.32. The number of aliphatic imine (C=N–C) groups is 1. The Kier molecular flexibility index (Phi) is 2.65. The highest BCUT2D eigenvalue weighted by Gasteiger charge is 2.12. The van der Waals surface area contributed by atoms with E-state index in [2.05, 4.69) is 15.0 Å². The summed E-state index contributed by atoms with van der Waals surface area (Å²) in [5, 5.41) is 1.34. The topological polar surface area (TPSA) is 41.0 Å². The fourth-order valence-electron chi connectivity index (χ4n) is 1.83. The molecule has 3 nitrogen and oxygen atoms in total. The zero-order valence-corrected chi connectivity index (χ0v) is 10.4. The van der Waals surface area contributed by atoms with Gasteiger partial charge in [0.1, 0.15) is 11.0 Å². The number of fused-ring (bicyclic) bond motifs is 1. The van der Waals surface area contributed by atoms with E-state index in [-0.39, 0.29) is 0 Å². The van der Waals surface area contributed by atoms with Gasteiger partial charge in [-0.3, -0.25) is 0 Å². The molecular weight excluding hydrogens is 257 g/mol. The van der Waals surface area contributed by atoms with Gasteiger partial charge in [0.15, 0.2) is 0 Å². The lowest BCUT2D eigenvalue weighted by Gasteiger charge is -2.06. The highest BCUT2D eigenvalue weighted by molar-refractivity contribution is 6.65. The number of rotatable bonds is 1. The van der Waals surface area contributed by atoms with Gasteiger partial charge in [0, 0.05) is 23.2 Å². The van der Waals surface area contributed by atoms with Crippen molar-refractivity contribution in [2.24, 2.45) is 4.99 Å². The third-order valence-electron chi connectivity index (χ3n) is 2.71. The summed E-state index contributed by atoms with van der Waals surface area (Å²) in [6.07, 6.45) is 3.40. The fourth-order valence-corrected chi connectivity index (χ4v) is 2.14. The molecule has 1 N–H and O–H groups in total. The Bertz CT molecular complexity index is 640. The number of nitrogens with zero attached hydrogens (tertiary/aromatic N) is 2.